The Bertz CT molecular complexity index is 562. The van der Waals surface area contributed by atoms with E-state index < -0.39 is 0 Å². The number of aryl methyl sites for hydroxylation is 1. The lowest BCUT2D eigenvalue weighted by Gasteiger charge is -2.09. The molecule has 3 rings (SSSR count). The topological polar surface area (TPSA) is 72.7 Å². The number of nitrogens with zero attached hydrogens (tertiary/aromatic N) is 4. The summed E-state index contributed by atoms with van der Waals surface area (Å²) in [4.78, 5) is 11.8. The average molecular weight is 263 g/mol. The number of hydrogen-bond acceptors (Lipinski definition) is 5. The monoisotopic (exact) mass is 263 g/mol. The van der Waals surface area contributed by atoms with Crippen LogP contribution in [-0.4, -0.2) is 31.6 Å². The molecule has 0 saturated carbocycles. The van der Waals surface area contributed by atoms with Crippen LogP contribution in [0.5, 0.6) is 0 Å². The van der Waals surface area contributed by atoms with Crippen LogP contribution < -0.4 is 5.32 Å². The molecule has 0 aliphatic carbocycles. The lowest BCUT2D eigenvalue weighted by molar-refractivity contribution is 0.0947. The van der Waals surface area contributed by atoms with Gasteiger partial charge in [0.1, 0.15) is 11.6 Å². The van der Waals surface area contributed by atoms with Gasteiger partial charge in [-0.05, 0) is 18.5 Å². The molecular formula is C11H13N5OS. The van der Waals surface area contributed by atoms with E-state index >= 15 is 0 Å². The summed E-state index contributed by atoms with van der Waals surface area (Å²) in [5, 5.41) is 12.8. The van der Waals surface area contributed by atoms with Gasteiger partial charge in [-0.1, -0.05) is 0 Å². The second-order valence-electron chi connectivity index (χ2n) is 4.47. The summed E-state index contributed by atoms with van der Waals surface area (Å²) < 4.78 is 6.03. The van der Waals surface area contributed by atoms with Gasteiger partial charge in [0, 0.05) is 30.8 Å². The summed E-state index contributed by atoms with van der Waals surface area (Å²) in [5.74, 6) is 2.32. The maximum atomic E-state index is 11.8. The molecule has 6 nitrogen and oxygen atoms in total. The van der Waals surface area contributed by atoms with E-state index in [2.05, 4.69) is 24.5 Å². The predicted molar refractivity (Wildman–Crippen MR) is 66.4 cm³/mol. The third-order valence-corrected chi connectivity index (χ3v) is 3.76. The van der Waals surface area contributed by atoms with E-state index in [9.17, 15) is 4.79 Å². The fourth-order valence-corrected chi connectivity index (χ4v) is 2.70. The van der Waals surface area contributed by atoms with Gasteiger partial charge in [-0.25, -0.2) is 4.37 Å². The number of rotatable bonds is 3. The van der Waals surface area contributed by atoms with Crippen LogP contribution in [0.4, 0.5) is 0 Å². The highest BCUT2D eigenvalue weighted by Crippen LogP contribution is 2.19. The summed E-state index contributed by atoms with van der Waals surface area (Å²) in [5.41, 5.74) is 0.633. The number of aromatic nitrogens is 4. The molecule has 0 saturated heterocycles. The summed E-state index contributed by atoms with van der Waals surface area (Å²) >= 11 is 1.29. The zero-order chi connectivity index (χ0) is 12.5. The van der Waals surface area contributed by atoms with E-state index in [1.807, 2.05) is 6.92 Å². The first-order chi connectivity index (χ1) is 8.74. The Labute approximate surface area is 108 Å². The van der Waals surface area contributed by atoms with Crippen molar-refractivity contribution < 1.29 is 4.79 Å². The van der Waals surface area contributed by atoms with Crippen molar-refractivity contribution >= 4 is 17.4 Å². The third kappa shape index (κ3) is 2.01. The van der Waals surface area contributed by atoms with Gasteiger partial charge >= 0.3 is 0 Å². The molecule has 7 heteroatoms. The van der Waals surface area contributed by atoms with Crippen molar-refractivity contribution in [1.29, 1.82) is 0 Å². The minimum atomic E-state index is -0.0527. The standard InChI is InChI=1S/C11H13N5OS/c1-7-14-15-10-2-8(5-16(7)10)3-12-11(17)9-4-13-18-6-9/h4,6,8H,2-3,5H2,1H3,(H,12,17). The van der Waals surface area contributed by atoms with Crippen LogP contribution >= 0.6 is 11.5 Å². The molecule has 0 bridgehead atoms. The molecule has 0 spiro atoms. The van der Waals surface area contributed by atoms with Crippen molar-refractivity contribution in [2.45, 2.75) is 19.9 Å². The molecule has 0 aromatic carbocycles. The number of amides is 1. The first-order valence-electron chi connectivity index (χ1n) is 5.80. The maximum absolute atomic E-state index is 11.8. The Kier molecular flexibility index (Phi) is 2.83. The fraction of sp³-hybridized carbons (Fsp3) is 0.455. The minimum Gasteiger partial charge on any atom is -0.352 e. The van der Waals surface area contributed by atoms with Crippen molar-refractivity contribution in [3.05, 3.63) is 28.8 Å². The van der Waals surface area contributed by atoms with Crippen LogP contribution in [0.3, 0.4) is 0 Å². The summed E-state index contributed by atoms with van der Waals surface area (Å²) in [6.45, 7) is 3.50. The summed E-state index contributed by atoms with van der Waals surface area (Å²) in [7, 11) is 0. The molecule has 2 aromatic heterocycles. The van der Waals surface area contributed by atoms with Crippen LogP contribution in [-0.2, 0) is 13.0 Å². The molecule has 2 aromatic rings. The van der Waals surface area contributed by atoms with Gasteiger partial charge in [0.15, 0.2) is 0 Å². The van der Waals surface area contributed by atoms with Crippen molar-refractivity contribution in [3.8, 4) is 0 Å². The first kappa shape index (κ1) is 11.3. The van der Waals surface area contributed by atoms with E-state index in [1.165, 1.54) is 11.5 Å². The SMILES string of the molecule is Cc1nnc2n1CC(CNC(=O)c1cnsc1)C2. The second kappa shape index (κ2) is 4.49. The van der Waals surface area contributed by atoms with Crippen LogP contribution in [0, 0.1) is 12.8 Å². The fourth-order valence-electron chi connectivity index (χ4n) is 2.19. The first-order valence-corrected chi connectivity index (χ1v) is 6.64. The van der Waals surface area contributed by atoms with E-state index in [1.54, 1.807) is 11.6 Å². The zero-order valence-electron chi connectivity index (χ0n) is 9.96. The molecule has 3 heterocycles. The molecule has 94 valence electrons. The number of carbonyl (C=O) groups is 1. The number of fused-ring (bicyclic) bond motifs is 1. The molecule has 1 atom stereocenters. The molecule has 1 aliphatic heterocycles. The average Bonchev–Trinajstić information content (AvgIpc) is 3.05. The molecule has 0 fully saturated rings. The molecular weight excluding hydrogens is 250 g/mol. The lowest BCUT2D eigenvalue weighted by Crippen LogP contribution is -2.29. The van der Waals surface area contributed by atoms with Crippen LogP contribution in [0.2, 0.25) is 0 Å². The quantitative estimate of drug-likeness (QED) is 0.882. The Morgan fingerprint density at radius 3 is 3.22 bits per heavy atom. The Balaban J connectivity index is 1.56. The zero-order valence-corrected chi connectivity index (χ0v) is 10.8. The van der Waals surface area contributed by atoms with Crippen LogP contribution in [0.1, 0.15) is 22.0 Å². The molecule has 0 radical (unpaired) electrons. The van der Waals surface area contributed by atoms with E-state index in [4.69, 9.17) is 0 Å². The largest absolute Gasteiger partial charge is 0.352 e. The minimum absolute atomic E-state index is 0.0527. The summed E-state index contributed by atoms with van der Waals surface area (Å²) in [6, 6.07) is 0. The Hall–Kier alpha value is -1.76. The second-order valence-corrected chi connectivity index (χ2v) is 5.12. The molecule has 18 heavy (non-hydrogen) atoms. The van der Waals surface area contributed by atoms with Crippen LogP contribution in [0.25, 0.3) is 0 Å². The van der Waals surface area contributed by atoms with E-state index in [-0.39, 0.29) is 5.91 Å². The number of carbonyl (C=O) groups excluding carboxylic acids is 1. The molecule has 1 amide bonds. The molecule has 1 unspecified atom stereocenters. The predicted octanol–water partition coefficient (Wildman–Crippen LogP) is 0.645. The third-order valence-electron chi connectivity index (χ3n) is 3.17. The Morgan fingerprint density at radius 2 is 2.50 bits per heavy atom. The van der Waals surface area contributed by atoms with Gasteiger partial charge in [0.2, 0.25) is 0 Å². The van der Waals surface area contributed by atoms with Crippen LogP contribution in [0.15, 0.2) is 11.6 Å². The smallest absolute Gasteiger partial charge is 0.253 e. The van der Waals surface area contributed by atoms with Gasteiger partial charge in [-0.3, -0.25) is 4.79 Å². The molecule has 1 aliphatic rings. The van der Waals surface area contributed by atoms with E-state index in [0.29, 0.717) is 18.0 Å². The van der Waals surface area contributed by atoms with Gasteiger partial charge in [-0.15, -0.1) is 10.2 Å². The summed E-state index contributed by atoms with van der Waals surface area (Å²) in [6.07, 6.45) is 2.47. The van der Waals surface area contributed by atoms with Crippen molar-refractivity contribution in [2.24, 2.45) is 5.92 Å². The van der Waals surface area contributed by atoms with Crippen molar-refractivity contribution in [2.75, 3.05) is 6.54 Å². The normalized spacial score (nSPS) is 17.7. The highest BCUT2D eigenvalue weighted by Gasteiger charge is 2.25. The lowest BCUT2D eigenvalue weighted by atomic mass is 10.1. The van der Waals surface area contributed by atoms with Crippen molar-refractivity contribution in [1.82, 2.24) is 24.5 Å². The van der Waals surface area contributed by atoms with Crippen molar-refractivity contribution in [3.63, 3.8) is 0 Å². The van der Waals surface area contributed by atoms with Gasteiger partial charge in [0.05, 0.1) is 11.8 Å². The van der Waals surface area contributed by atoms with E-state index in [0.717, 1.165) is 24.6 Å². The number of hydrogen-bond donors (Lipinski definition) is 1. The van der Waals surface area contributed by atoms with Gasteiger partial charge < -0.3 is 9.88 Å². The molecule has 1 N–H and O–H groups in total. The van der Waals surface area contributed by atoms with Gasteiger partial charge in [-0.2, -0.15) is 0 Å². The van der Waals surface area contributed by atoms with Gasteiger partial charge in [0.25, 0.3) is 5.91 Å². The Morgan fingerprint density at radius 1 is 1.61 bits per heavy atom. The highest BCUT2D eigenvalue weighted by atomic mass is 32.1. The maximum Gasteiger partial charge on any atom is 0.253 e. The highest BCUT2D eigenvalue weighted by molar-refractivity contribution is 7.03. The number of nitrogens with one attached hydrogen (secondary N) is 1.